The first-order chi connectivity index (χ1) is 8.03. The van der Waals surface area contributed by atoms with E-state index in [4.69, 9.17) is 0 Å². The molecule has 2 unspecified atom stereocenters. The van der Waals surface area contributed by atoms with Crippen LogP contribution in [0.2, 0.25) is 0 Å². The zero-order valence-electron chi connectivity index (χ0n) is 10.4. The van der Waals surface area contributed by atoms with Crippen molar-refractivity contribution in [1.29, 1.82) is 0 Å². The fourth-order valence-electron chi connectivity index (χ4n) is 2.55. The highest BCUT2D eigenvalue weighted by Crippen LogP contribution is 2.29. The zero-order valence-corrected chi connectivity index (χ0v) is 10.4. The van der Waals surface area contributed by atoms with E-state index in [1.165, 1.54) is 19.3 Å². The SMILES string of the molecule is CCNC1CCCC1CCCOCC(F)(F)F. The number of hydrogen-bond donors (Lipinski definition) is 1. The Hall–Kier alpha value is -0.290. The molecule has 1 N–H and O–H groups in total. The number of nitrogens with one attached hydrogen (secondary N) is 1. The topological polar surface area (TPSA) is 21.3 Å². The molecule has 0 radical (unpaired) electrons. The van der Waals surface area contributed by atoms with Crippen molar-refractivity contribution >= 4 is 0 Å². The highest BCUT2D eigenvalue weighted by Gasteiger charge is 2.28. The van der Waals surface area contributed by atoms with Crippen molar-refractivity contribution in [2.75, 3.05) is 19.8 Å². The summed E-state index contributed by atoms with van der Waals surface area (Å²) in [6.45, 7) is 2.15. The molecular weight excluding hydrogens is 231 g/mol. The molecule has 1 aliphatic carbocycles. The van der Waals surface area contributed by atoms with E-state index in [-0.39, 0.29) is 6.61 Å². The Morgan fingerprint density at radius 3 is 2.71 bits per heavy atom. The molecule has 2 atom stereocenters. The normalized spacial score (nSPS) is 25.4. The van der Waals surface area contributed by atoms with Gasteiger partial charge >= 0.3 is 6.18 Å². The van der Waals surface area contributed by atoms with Gasteiger partial charge in [-0.25, -0.2) is 0 Å². The summed E-state index contributed by atoms with van der Waals surface area (Å²) in [5, 5.41) is 3.44. The first-order valence-corrected chi connectivity index (χ1v) is 6.41. The maximum absolute atomic E-state index is 11.8. The van der Waals surface area contributed by atoms with E-state index < -0.39 is 12.8 Å². The molecule has 17 heavy (non-hydrogen) atoms. The van der Waals surface area contributed by atoms with Crippen LogP contribution in [0.1, 0.15) is 39.0 Å². The Morgan fingerprint density at radius 1 is 1.29 bits per heavy atom. The molecule has 0 bridgehead atoms. The first kappa shape index (κ1) is 14.8. The second kappa shape index (κ2) is 7.21. The van der Waals surface area contributed by atoms with Gasteiger partial charge in [-0.05, 0) is 38.1 Å². The van der Waals surface area contributed by atoms with Gasteiger partial charge in [0.1, 0.15) is 6.61 Å². The largest absolute Gasteiger partial charge is 0.411 e. The van der Waals surface area contributed by atoms with Crippen molar-refractivity contribution < 1.29 is 17.9 Å². The summed E-state index contributed by atoms with van der Waals surface area (Å²) >= 11 is 0. The Labute approximate surface area is 101 Å². The summed E-state index contributed by atoms with van der Waals surface area (Å²) in [5.41, 5.74) is 0. The van der Waals surface area contributed by atoms with Crippen LogP contribution in [-0.4, -0.2) is 32.0 Å². The van der Waals surface area contributed by atoms with Crippen molar-refractivity contribution in [2.24, 2.45) is 5.92 Å². The van der Waals surface area contributed by atoms with Crippen LogP contribution < -0.4 is 5.32 Å². The Balaban J connectivity index is 2.06. The van der Waals surface area contributed by atoms with Gasteiger partial charge in [0.25, 0.3) is 0 Å². The molecule has 5 heteroatoms. The van der Waals surface area contributed by atoms with Gasteiger partial charge < -0.3 is 10.1 Å². The van der Waals surface area contributed by atoms with E-state index in [9.17, 15) is 13.2 Å². The Bertz CT molecular complexity index is 208. The summed E-state index contributed by atoms with van der Waals surface area (Å²) in [6, 6.07) is 0.558. The highest BCUT2D eigenvalue weighted by molar-refractivity contribution is 4.82. The van der Waals surface area contributed by atoms with Crippen molar-refractivity contribution in [1.82, 2.24) is 5.32 Å². The van der Waals surface area contributed by atoms with Crippen LogP contribution in [0.5, 0.6) is 0 Å². The fourth-order valence-corrected chi connectivity index (χ4v) is 2.55. The van der Waals surface area contributed by atoms with Gasteiger partial charge in [0.05, 0.1) is 0 Å². The van der Waals surface area contributed by atoms with Gasteiger partial charge in [-0.1, -0.05) is 13.3 Å². The van der Waals surface area contributed by atoms with E-state index >= 15 is 0 Å². The average molecular weight is 253 g/mol. The summed E-state index contributed by atoms with van der Waals surface area (Å²) in [5.74, 6) is 0.615. The fraction of sp³-hybridized carbons (Fsp3) is 1.00. The van der Waals surface area contributed by atoms with Crippen LogP contribution >= 0.6 is 0 Å². The summed E-state index contributed by atoms with van der Waals surface area (Å²) in [7, 11) is 0. The lowest BCUT2D eigenvalue weighted by Crippen LogP contribution is -2.32. The first-order valence-electron chi connectivity index (χ1n) is 6.41. The van der Waals surface area contributed by atoms with Crippen molar-refractivity contribution in [3.8, 4) is 0 Å². The monoisotopic (exact) mass is 253 g/mol. The lowest BCUT2D eigenvalue weighted by molar-refractivity contribution is -0.174. The third-order valence-electron chi connectivity index (χ3n) is 3.25. The standard InChI is InChI=1S/C12H22F3NO/c1-2-16-11-7-3-5-10(11)6-4-8-17-9-12(13,14)15/h10-11,16H,2-9H2,1H3. The molecule has 0 spiro atoms. The molecule has 0 aliphatic heterocycles. The second-order valence-corrected chi connectivity index (χ2v) is 4.67. The van der Waals surface area contributed by atoms with Crippen LogP contribution in [0, 0.1) is 5.92 Å². The lowest BCUT2D eigenvalue weighted by Gasteiger charge is -2.20. The number of ether oxygens (including phenoxy) is 1. The number of rotatable bonds is 7. The van der Waals surface area contributed by atoms with Crippen LogP contribution in [-0.2, 0) is 4.74 Å². The second-order valence-electron chi connectivity index (χ2n) is 4.67. The summed E-state index contributed by atoms with van der Waals surface area (Å²) < 4.78 is 40.0. The predicted molar refractivity (Wildman–Crippen MR) is 60.9 cm³/mol. The van der Waals surface area contributed by atoms with Crippen LogP contribution in [0.15, 0.2) is 0 Å². The Morgan fingerprint density at radius 2 is 2.06 bits per heavy atom. The molecule has 1 fully saturated rings. The van der Waals surface area contributed by atoms with Gasteiger partial charge in [-0.2, -0.15) is 13.2 Å². The van der Waals surface area contributed by atoms with E-state index in [2.05, 4.69) is 17.0 Å². The average Bonchev–Trinajstić information content (AvgIpc) is 2.64. The predicted octanol–water partition coefficient (Wildman–Crippen LogP) is 3.12. The molecular formula is C12H22F3NO. The van der Waals surface area contributed by atoms with Gasteiger partial charge in [0, 0.05) is 12.6 Å². The zero-order chi connectivity index (χ0) is 12.7. The third-order valence-corrected chi connectivity index (χ3v) is 3.25. The molecule has 0 aromatic carbocycles. The smallest absolute Gasteiger partial charge is 0.372 e. The van der Waals surface area contributed by atoms with E-state index in [0.29, 0.717) is 12.0 Å². The maximum atomic E-state index is 11.8. The molecule has 0 saturated heterocycles. The van der Waals surface area contributed by atoms with Gasteiger partial charge in [0.15, 0.2) is 0 Å². The van der Waals surface area contributed by atoms with E-state index in [0.717, 1.165) is 19.4 Å². The molecule has 2 nitrogen and oxygen atoms in total. The Kier molecular flexibility index (Phi) is 6.27. The maximum Gasteiger partial charge on any atom is 0.411 e. The third kappa shape index (κ3) is 6.27. The van der Waals surface area contributed by atoms with E-state index in [1.54, 1.807) is 0 Å². The number of alkyl halides is 3. The van der Waals surface area contributed by atoms with Gasteiger partial charge in [-0.3, -0.25) is 0 Å². The minimum atomic E-state index is -4.19. The molecule has 1 rings (SSSR count). The van der Waals surface area contributed by atoms with Crippen molar-refractivity contribution in [2.45, 2.75) is 51.2 Å². The molecule has 102 valence electrons. The minimum absolute atomic E-state index is 0.217. The minimum Gasteiger partial charge on any atom is -0.372 e. The molecule has 1 aliphatic rings. The molecule has 0 aromatic heterocycles. The lowest BCUT2D eigenvalue weighted by atomic mass is 9.98. The molecule has 1 saturated carbocycles. The van der Waals surface area contributed by atoms with Crippen molar-refractivity contribution in [3.05, 3.63) is 0 Å². The quantitative estimate of drug-likeness (QED) is 0.704. The van der Waals surface area contributed by atoms with Crippen LogP contribution in [0.25, 0.3) is 0 Å². The van der Waals surface area contributed by atoms with Crippen LogP contribution in [0.3, 0.4) is 0 Å². The molecule has 0 aromatic rings. The number of hydrogen-bond acceptors (Lipinski definition) is 2. The highest BCUT2D eigenvalue weighted by atomic mass is 19.4. The summed E-state index contributed by atoms with van der Waals surface area (Å²) in [6.07, 6.45) is 1.11. The van der Waals surface area contributed by atoms with Crippen molar-refractivity contribution in [3.63, 3.8) is 0 Å². The number of halogens is 3. The van der Waals surface area contributed by atoms with E-state index in [1.807, 2.05) is 0 Å². The van der Waals surface area contributed by atoms with Gasteiger partial charge in [0.2, 0.25) is 0 Å². The summed E-state index contributed by atoms with van der Waals surface area (Å²) in [4.78, 5) is 0. The van der Waals surface area contributed by atoms with Gasteiger partial charge in [-0.15, -0.1) is 0 Å². The van der Waals surface area contributed by atoms with Crippen LogP contribution in [0.4, 0.5) is 13.2 Å². The molecule has 0 heterocycles. The molecule has 0 amide bonds.